The van der Waals surface area contributed by atoms with Crippen LogP contribution in [-0.4, -0.2) is 157 Å². The summed E-state index contributed by atoms with van der Waals surface area (Å²) < 4.78 is 0. The third-order valence-electron chi connectivity index (χ3n) is 10.9. The number of nitrogens with two attached hydrogens (primary N) is 3. The van der Waals surface area contributed by atoms with Gasteiger partial charge in [0.15, 0.2) is 0 Å². The number of primary amides is 2. The number of hydrogen-bond acceptors (Lipinski definition) is 15. The fourth-order valence-corrected chi connectivity index (χ4v) is 7.28. The van der Waals surface area contributed by atoms with E-state index < -0.39 is 171 Å². The minimum Gasteiger partial charge on any atom is -0.508 e. The Kier molecular flexibility index (Phi) is 22.1. The number of amides is 9. The number of nitrogens with zero attached hydrogens (tertiary/aromatic N) is 1. The van der Waals surface area contributed by atoms with Gasteiger partial charge >= 0.3 is 17.9 Å². The van der Waals surface area contributed by atoms with Crippen LogP contribution >= 0.6 is 0 Å². The van der Waals surface area contributed by atoms with Crippen LogP contribution in [0.15, 0.2) is 48.5 Å². The van der Waals surface area contributed by atoms with Gasteiger partial charge in [0, 0.05) is 38.6 Å². The molecule has 27 nitrogen and oxygen atoms in total. The van der Waals surface area contributed by atoms with Crippen molar-refractivity contribution in [3.63, 3.8) is 0 Å². The van der Waals surface area contributed by atoms with Gasteiger partial charge in [-0.3, -0.25) is 52.7 Å². The van der Waals surface area contributed by atoms with Gasteiger partial charge in [-0.25, -0.2) is 4.79 Å². The number of rotatable bonds is 29. The van der Waals surface area contributed by atoms with E-state index in [1.807, 2.05) is 0 Å². The van der Waals surface area contributed by atoms with Gasteiger partial charge in [0.1, 0.15) is 53.8 Å². The van der Waals surface area contributed by atoms with Crippen LogP contribution in [0.25, 0.3) is 0 Å². The minimum atomic E-state index is -1.95. The Labute approximate surface area is 404 Å². The molecule has 71 heavy (non-hydrogen) atoms. The Hall–Kier alpha value is -8.36. The zero-order valence-corrected chi connectivity index (χ0v) is 38.2. The van der Waals surface area contributed by atoms with Crippen LogP contribution in [0.2, 0.25) is 0 Å². The lowest BCUT2D eigenvalue weighted by Crippen LogP contribution is -2.60. The summed E-state index contributed by atoms with van der Waals surface area (Å²) >= 11 is 0. The second-order valence-corrected chi connectivity index (χ2v) is 16.4. The maximum atomic E-state index is 14.4. The standard InChI is InChI=1S/C44H58N10O17/c45-21-35(59)48-26(13-16-36(60)61)38(64)53-31(19-23-5-9-25(56)10-6-23)43(69)54-17-1-2-32(54)42(68)52-30(20-37(62)63)41(67)51-29(18-22-3-7-24(55)8-4-22)40(66)49-27(11-14-33(46)57)39(65)50-28(44(70)71)12-15-34(47)58/h3-10,26-32,55-56H,1-2,11-21,45H2,(H2,46,57)(H2,47,58)(H,48,59)(H,49,66)(H,50,65)(H,51,67)(H,52,68)(H,53,64)(H,60,61)(H,62,63)(H,70,71)/t26-,27-,28-,29-,30-,31-,32-/m0/s1. The summed E-state index contributed by atoms with van der Waals surface area (Å²) in [5, 5.41) is 62.4. The molecule has 2 aromatic carbocycles. The number of likely N-dealkylation sites (tertiary alicyclic amines) is 1. The van der Waals surface area contributed by atoms with Crippen molar-refractivity contribution in [2.75, 3.05) is 13.1 Å². The third-order valence-corrected chi connectivity index (χ3v) is 10.9. The number of carbonyl (C=O) groups excluding carboxylic acids is 9. The second-order valence-electron chi connectivity index (χ2n) is 16.4. The van der Waals surface area contributed by atoms with Crippen LogP contribution in [0.4, 0.5) is 0 Å². The molecule has 1 saturated heterocycles. The van der Waals surface area contributed by atoms with E-state index in [4.69, 9.17) is 17.2 Å². The zero-order chi connectivity index (χ0) is 52.9. The third kappa shape index (κ3) is 19.3. The Balaban J connectivity index is 1.94. The van der Waals surface area contributed by atoms with Gasteiger partial charge in [0.25, 0.3) is 0 Å². The summed E-state index contributed by atoms with van der Waals surface area (Å²) in [6.45, 7) is -0.640. The number of carbonyl (C=O) groups is 12. The number of nitrogens with one attached hydrogen (secondary N) is 6. The molecule has 2 aromatic rings. The first-order valence-electron chi connectivity index (χ1n) is 22.1. The Bertz CT molecular complexity index is 2300. The molecule has 27 heteroatoms. The molecule has 1 fully saturated rings. The average Bonchev–Trinajstić information content (AvgIpc) is 3.80. The second kappa shape index (κ2) is 27.6. The van der Waals surface area contributed by atoms with E-state index in [1.54, 1.807) is 0 Å². The molecule has 3 rings (SSSR count). The van der Waals surface area contributed by atoms with Crippen molar-refractivity contribution in [1.82, 2.24) is 36.8 Å². The van der Waals surface area contributed by atoms with E-state index in [0.717, 1.165) is 4.90 Å². The van der Waals surface area contributed by atoms with Crippen molar-refractivity contribution < 1.29 is 83.1 Å². The topological polar surface area (TPSA) is 459 Å². The van der Waals surface area contributed by atoms with E-state index in [2.05, 4.69) is 31.9 Å². The number of benzene rings is 2. The first-order valence-corrected chi connectivity index (χ1v) is 22.1. The maximum Gasteiger partial charge on any atom is 0.326 e. The molecule has 0 aliphatic carbocycles. The highest BCUT2D eigenvalue weighted by Gasteiger charge is 2.41. The number of aliphatic carboxylic acids is 3. The summed E-state index contributed by atoms with van der Waals surface area (Å²) in [6, 6.07) is -0.650. The Morgan fingerprint density at radius 1 is 0.549 bits per heavy atom. The number of phenols is 2. The summed E-state index contributed by atoms with van der Waals surface area (Å²) in [4.78, 5) is 155. The number of carboxylic acids is 3. The monoisotopic (exact) mass is 998 g/mol. The quantitative estimate of drug-likeness (QED) is 0.0367. The van der Waals surface area contributed by atoms with Gasteiger partial charge in [-0.15, -0.1) is 0 Å². The summed E-state index contributed by atoms with van der Waals surface area (Å²) in [6.07, 6.45) is -4.42. The summed E-state index contributed by atoms with van der Waals surface area (Å²) in [7, 11) is 0. The molecule has 0 bridgehead atoms. The van der Waals surface area contributed by atoms with Crippen molar-refractivity contribution in [3.8, 4) is 11.5 Å². The Morgan fingerprint density at radius 3 is 1.48 bits per heavy atom. The molecule has 1 heterocycles. The van der Waals surface area contributed by atoms with Gasteiger partial charge in [-0.05, 0) is 67.5 Å². The molecular weight excluding hydrogens is 941 g/mol. The lowest BCUT2D eigenvalue weighted by Gasteiger charge is -2.31. The van der Waals surface area contributed by atoms with E-state index >= 15 is 0 Å². The minimum absolute atomic E-state index is 0.0292. The fourth-order valence-electron chi connectivity index (χ4n) is 7.28. The highest BCUT2D eigenvalue weighted by atomic mass is 16.4. The van der Waals surface area contributed by atoms with Gasteiger partial charge in [0.2, 0.25) is 53.2 Å². The van der Waals surface area contributed by atoms with Crippen LogP contribution in [0, 0.1) is 0 Å². The van der Waals surface area contributed by atoms with E-state index in [0.29, 0.717) is 11.1 Å². The molecule has 0 radical (unpaired) electrons. The molecule has 386 valence electrons. The van der Waals surface area contributed by atoms with Crippen LogP contribution in [0.5, 0.6) is 11.5 Å². The first-order chi connectivity index (χ1) is 33.5. The molecule has 7 atom stereocenters. The van der Waals surface area contributed by atoms with Crippen molar-refractivity contribution in [1.29, 1.82) is 0 Å². The van der Waals surface area contributed by atoms with Crippen LogP contribution in [0.1, 0.15) is 68.9 Å². The summed E-state index contributed by atoms with van der Waals surface area (Å²) in [5.41, 5.74) is 16.5. The maximum absolute atomic E-state index is 14.4. The van der Waals surface area contributed by atoms with Crippen molar-refractivity contribution in [2.45, 2.75) is 113 Å². The molecule has 0 unspecified atom stereocenters. The van der Waals surface area contributed by atoms with Gasteiger partial charge in [0.05, 0.1) is 13.0 Å². The van der Waals surface area contributed by atoms with Gasteiger partial charge < -0.3 is 79.5 Å². The molecule has 1 aliphatic rings. The average molecular weight is 999 g/mol. The number of hydrogen-bond donors (Lipinski definition) is 14. The largest absolute Gasteiger partial charge is 0.508 e. The highest BCUT2D eigenvalue weighted by molar-refractivity contribution is 5.99. The molecule has 9 amide bonds. The number of phenolic OH excluding ortho intramolecular Hbond substituents is 2. The molecular formula is C44H58N10O17. The lowest BCUT2D eigenvalue weighted by atomic mass is 10.0. The van der Waals surface area contributed by atoms with E-state index in [9.17, 15) is 83.1 Å². The molecule has 1 aliphatic heterocycles. The highest BCUT2D eigenvalue weighted by Crippen LogP contribution is 2.22. The predicted octanol–water partition coefficient (Wildman–Crippen LogP) is -4.30. The normalized spacial score (nSPS) is 15.5. The van der Waals surface area contributed by atoms with Gasteiger partial charge in [-0.1, -0.05) is 24.3 Å². The van der Waals surface area contributed by atoms with E-state index in [-0.39, 0.29) is 37.3 Å². The van der Waals surface area contributed by atoms with Crippen LogP contribution in [0.3, 0.4) is 0 Å². The van der Waals surface area contributed by atoms with Gasteiger partial charge in [-0.2, -0.15) is 0 Å². The van der Waals surface area contributed by atoms with Crippen molar-refractivity contribution in [2.24, 2.45) is 17.2 Å². The molecule has 17 N–H and O–H groups in total. The smallest absolute Gasteiger partial charge is 0.326 e. The lowest BCUT2D eigenvalue weighted by molar-refractivity contribution is -0.144. The molecule has 0 saturated carbocycles. The SMILES string of the molecule is NCC(=O)N[C@@H](CCC(=O)O)C(=O)N[C@@H](Cc1ccc(O)cc1)C(=O)N1CCC[C@H]1C(=O)N[C@@H](CC(=O)O)C(=O)N[C@@H](Cc1ccc(O)cc1)C(=O)N[C@@H](CCC(N)=O)C(=O)N[C@@H](CCC(N)=O)C(=O)O. The number of carboxylic acid groups (broad SMARTS) is 3. The zero-order valence-electron chi connectivity index (χ0n) is 38.2. The summed E-state index contributed by atoms with van der Waals surface area (Å²) in [5.74, 6) is -13.8. The first kappa shape index (κ1) is 57.0. The van der Waals surface area contributed by atoms with Crippen molar-refractivity contribution >= 4 is 71.1 Å². The van der Waals surface area contributed by atoms with Crippen LogP contribution in [-0.2, 0) is 70.4 Å². The van der Waals surface area contributed by atoms with Crippen molar-refractivity contribution in [3.05, 3.63) is 59.7 Å². The van der Waals surface area contributed by atoms with Crippen LogP contribution < -0.4 is 49.1 Å². The molecule has 0 aromatic heterocycles. The number of aromatic hydroxyl groups is 2. The Morgan fingerprint density at radius 2 is 0.986 bits per heavy atom. The molecule has 0 spiro atoms. The fraction of sp³-hybridized carbons (Fsp3) is 0.455. The predicted molar refractivity (Wildman–Crippen MR) is 243 cm³/mol. The van der Waals surface area contributed by atoms with E-state index in [1.165, 1.54) is 48.5 Å².